The molecule has 0 saturated carbocycles. The van der Waals surface area contributed by atoms with Crippen LogP contribution in [0.2, 0.25) is 5.02 Å². The lowest BCUT2D eigenvalue weighted by Crippen LogP contribution is -2.44. The van der Waals surface area contributed by atoms with Crippen molar-refractivity contribution < 1.29 is 14.5 Å². The molecule has 0 aliphatic heterocycles. The van der Waals surface area contributed by atoms with Crippen molar-refractivity contribution >= 4 is 29.1 Å². The summed E-state index contributed by atoms with van der Waals surface area (Å²) in [6, 6.07) is 2.86. The Morgan fingerprint density at radius 1 is 1.45 bits per heavy atom. The summed E-state index contributed by atoms with van der Waals surface area (Å²) < 4.78 is 0. The van der Waals surface area contributed by atoms with E-state index in [1.165, 1.54) is 19.1 Å². The molecule has 0 aromatic heterocycles. The first kappa shape index (κ1) is 15.9. The van der Waals surface area contributed by atoms with Gasteiger partial charge in [0, 0.05) is 17.6 Å². The van der Waals surface area contributed by atoms with Gasteiger partial charge in [-0.05, 0) is 26.0 Å². The van der Waals surface area contributed by atoms with Crippen LogP contribution in [0.4, 0.5) is 5.69 Å². The second kappa shape index (κ2) is 6.85. The van der Waals surface area contributed by atoms with Gasteiger partial charge >= 0.3 is 0 Å². The number of carbonyl (C=O) groups is 2. The average Bonchev–Trinajstić information content (AvgIpc) is 2.38. The van der Waals surface area contributed by atoms with Gasteiger partial charge in [0.15, 0.2) is 0 Å². The van der Waals surface area contributed by atoms with Crippen molar-refractivity contribution in [1.82, 2.24) is 10.6 Å². The topological polar surface area (TPSA) is 101 Å². The lowest BCUT2D eigenvalue weighted by Gasteiger charge is -2.13. The van der Waals surface area contributed by atoms with Crippen molar-refractivity contribution in [2.45, 2.75) is 19.9 Å². The first-order chi connectivity index (χ1) is 9.36. The van der Waals surface area contributed by atoms with Crippen LogP contribution in [0.25, 0.3) is 0 Å². The summed E-state index contributed by atoms with van der Waals surface area (Å²) in [5.74, 6) is -1.09. The summed E-state index contributed by atoms with van der Waals surface area (Å²) >= 11 is 5.73. The average molecular weight is 300 g/mol. The zero-order chi connectivity index (χ0) is 15.3. The Kier molecular flexibility index (Phi) is 5.45. The maximum absolute atomic E-state index is 12.0. The third-order valence-electron chi connectivity index (χ3n) is 2.49. The second-order valence-electron chi connectivity index (χ2n) is 4.01. The van der Waals surface area contributed by atoms with Gasteiger partial charge in [-0.2, -0.15) is 0 Å². The van der Waals surface area contributed by atoms with Gasteiger partial charge in [-0.15, -0.1) is 0 Å². The summed E-state index contributed by atoms with van der Waals surface area (Å²) in [4.78, 5) is 33.7. The summed E-state index contributed by atoms with van der Waals surface area (Å²) in [5, 5.41) is 16.0. The Hall–Kier alpha value is -2.15. The highest BCUT2D eigenvalue weighted by Crippen LogP contribution is 2.22. The van der Waals surface area contributed by atoms with Gasteiger partial charge in [-0.3, -0.25) is 19.7 Å². The summed E-state index contributed by atoms with van der Waals surface area (Å²) in [7, 11) is 0. The molecule has 0 bridgehead atoms. The van der Waals surface area contributed by atoms with Crippen molar-refractivity contribution in [1.29, 1.82) is 0 Å². The van der Waals surface area contributed by atoms with E-state index < -0.39 is 16.9 Å². The largest absolute Gasteiger partial charge is 0.355 e. The maximum atomic E-state index is 12.0. The number of nitrogens with one attached hydrogen (secondary N) is 2. The second-order valence-corrected chi connectivity index (χ2v) is 4.44. The Balaban J connectivity index is 2.95. The van der Waals surface area contributed by atoms with E-state index >= 15 is 0 Å². The molecule has 2 amide bonds. The van der Waals surface area contributed by atoms with Gasteiger partial charge in [0.2, 0.25) is 5.91 Å². The van der Waals surface area contributed by atoms with Crippen LogP contribution < -0.4 is 10.6 Å². The van der Waals surface area contributed by atoms with Crippen LogP contribution in [-0.2, 0) is 4.79 Å². The molecule has 0 spiro atoms. The zero-order valence-electron chi connectivity index (χ0n) is 11.0. The van der Waals surface area contributed by atoms with Gasteiger partial charge < -0.3 is 10.6 Å². The highest BCUT2D eigenvalue weighted by Gasteiger charge is 2.23. The van der Waals surface area contributed by atoms with E-state index in [4.69, 9.17) is 11.6 Å². The predicted octanol–water partition coefficient (Wildman–Crippen LogP) is 1.50. The minimum absolute atomic E-state index is 0.182. The van der Waals surface area contributed by atoms with Crippen LogP contribution in [0.15, 0.2) is 18.2 Å². The molecular weight excluding hydrogens is 286 g/mol. The standard InChI is InChI=1S/C12H14ClN3O4/c1-3-14-11(17)7(2)15-12(18)9-6-8(13)4-5-10(9)16(19)20/h4-7H,3H2,1-2H3,(H,14,17)(H,15,18). The molecule has 1 unspecified atom stereocenters. The van der Waals surface area contributed by atoms with E-state index in [0.717, 1.165) is 6.07 Å². The van der Waals surface area contributed by atoms with E-state index in [9.17, 15) is 19.7 Å². The SMILES string of the molecule is CCNC(=O)C(C)NC(=O)c1cc(Cl)ccc1[N+](=O)[O-]. The van der Waals surface area contributed by atoms with Crippen molar-refractivity contribution in [2.75, 3.05) is 6.54 Å². The third-order valence-corrected chi connectivity index (χ3v) is 2.73. The first-order valence-corrected chi connectivity index (χ1v) is 6.27. The number of rotatable bonds is 5. The zero-order valence-corrected chi connectivity index (χ0v) is 11.7. The molecule has 20 heavy (non-hydrogen) atoms. The molecule has 0 aliphatic rings. The van der Waals surface area contributed by atoms with Gasteiger partial charge in [-0.25, -0.2) is 0 Å². The summed E-state index contributed by atoms with van der Waals surface area (Å²) in [5.41, 5.74) is -0.548. The Labute approximate surface area is 120 Å². The molecule has 1 rings (SSSR count). The fraction of sp³-hybridized carbons (Fsp3) is 0.333. The molecule has 108 valence electrons. The van der Waals surface area contributed by atoms with Gasteiger partial charge in [0.25, 0.3) is 11.6 Å². The molecule has 1 aromatic carbocycles. The number of likely N-dealkylation sites (N-methyl/N-ethyl adjacent to an activating group) is 1. The number of carbonyl (C=O) groups excluding carboxylic acids is 2. The number of halogens is 1. The number of hydrogen-bond acceptors (Lipinski definition) is 4. The maximum Gasteiger partial charge on any atom is 0.282 e. The van der Waals surface area contributed by atoms with E-state index in [1.54, 1.807) is 6.92 Å². The molecule has 0 heterocycles. The fourth-order valence-corrected chi connectivity index (χ4v) is 1.69. The van der Waals surface area contributed by atoms with Crippen LogP contribution in [0, 0.1) is 10.1 Å². The van der Waals surface area contributed by atoms with Crippen molar-refractivity contribution in [3.05, 3.63) is 38.9 Å². The van der Waals surface area contributed by atoms with Gasteiger partial charge in [0.1, 0.15) is 11.6 Å². The number of nitro groups is 1. The Morgan fingerprint density at radius 2 is 2.10 bits per heavy atom. The molecular formula is C12H14ClN3O4. The molecule has 0 aliphatic carbocycles. The predicted molar refractivity (Wildman–Crippen MR) is 73.7 cm³/mol. The van der Waals surface area contributed by atoms with Gasteiger partial charge in [-0.1, -0.05) is 11.6 Å². The Bertz CT molecular complexity index is 548. The van der Waals surface area contributed by atoms with Crippen LogP contribution in [0.5, 0.6) is 0 Å². The van der Waals surface area contributed by atoms with Crippen molar-refractivity contribution in [3.63, 3.8) is 0 Å². The highest BCUT2D eigenvalue weighted by atomic mass is 35.5. The molecule has 2 N–H and O–H groups in total. The van der Waals surface area contributed by atoms with Crippen LogP contribution in [0.3, 0.4) is 0 Å². The van der Waals surface area contributed by atoms with E-state index in [0.29, 0.717) is 6.54 Å². The number of hydrogen-bond donors (Lipinski definition) is 2. The van der Waals surface area contributed by atoms with Crippen LogP contribution >= 0.6 is 11.6 Å². The molecule has 7 nitrogen and oxygen atoms in total. The first-order valence-electron chi connectivity index (χ1n) is 5.89. The monoisotopic (exact) mass is 299 g/mol. The fourth-order valence-electron chi connectivity index (χ4n) is 1.52. The summed E-state index contributed by atoms with van der Waals surface area (Å²) in [6.45, 7) is 3.66. The quantitative estimate of drug-likeness (QED) is 0.635. The lowest BCUT2D eigenvalue weighted by atomic mass is 10.1. The Morgan fingerprint density at radius 3 is 2.65 bits per heavy atom. The molecule has 0 saturated heterocycles. The number of amides is 2. The minimum Gasteiger partial charge on any atom is -0.355 e. The lowest BCUT2D eigenvalue weighted by molar-refractivity contribution is -0.385. The molecule has 8 heteroatoms. The van der Waals surface area contributed by atoms with Crippen LogP contribution in [-0.4, -0.2) is 29.3 Å². The van der Waals surface area contributed by atoms with Gasteiger partial charge in [0.05, 0.1) is 4.92 Å². The minimum atomic E-state index is -0.805. The third kappa shape index (κ3) is 3.92. The van der Waals surface area contributed by atoms with Crippen LogP contribution in [0.1, 0.15) is 24.2 Å². The van der Waals surface area contributed by atoms with Crippen molar-refractivity contribution in [2.24, 2.45) is 0 Å². The normalized spacial score (nSPS) is 11.6. The number of nitro benzene ring substituents is 1. The smallest absolute Gasteiger partial charge is 0.282 e. The highest BCUT2D eigenvalue weighted by molar-refractivity contribution is 6.31. The van der Waals surface area contributed by atoms with Crippen molar-refractivity contribution in [3.8, 4) is 0 Å². The number of nitrogens with zero attached hydrogens (tertiary/aromatic N) is 1. The van der Waals surface area contributed by atoms with E-state index in [2.05, 4.69) is 10.6 Å². The molecule has 1 aromatic rings. The van der Waals surface area contributed by atoms with E-state index in [1.807, 2.05) is 0 Å². The van der Waals surface area contributed by atoms with E-state index in [-0.39, 0.29) is 22.2 Å². The molecule has 0 radical (unpaired) electrons. The summed E-state index contributed by atoms with van der Waals surface area (Å²) in [6.07, 6.45) is 0. The number of benzene rings is 1. The molecule has 0 fully saturated rings. The molecule has 1 atom stereocenters.